The van der Waals surface area contributed by atoms with Gasteiger partial charge in [-0.1, -0.05) is 0 Å². The summed E-state index contributed by atoms with van der Waals surface area (Å²) in [5, 5.41) is 3.37. The second-order valence-electron chi connectivity index (χ2n) is 5.80. The number of nitrogens with one attached hydrogen (secondary N) is 1. The highest BCUT2D eigenvalue weighted by atomic mass is 35.5. The molecule has 0 spiro atoms. The molecule has 3 fully saturated rings. The van der Waals surface area contributed by atoms with Gasteiger partial charge in [0.1, 0.15) is 0 Å². The number of hydrogen-bond donors (Lipinski definition) is 1. The van der Waals surface area contributed by atoms with Crippen LogP contribution in [0.2, 0.25) is 0 Å². The normalized spacial score (nSPS) is 30.2. The second kappa shape index (κ2) is 6.26. The van der Waals surface area contributed by atoms with E-state index in [4.69, 9.17) is 0 Å². The Morgan fingerprint density at radius 2 is 1.74 bits per heavy atom. The molecule has 19 heavy (non-hydrogen) atoms. The quantitative estimate of drug-likeness (QED) is 0.802. The Bertz CT molecular complexity index is 386. The van der Waals surface area contributed by atoms with Gasteiger partial charge in [-0.15, -0.1) is 12.4 Å². The van der Waals surface area contributed by atoms with Gasteiger partial charge in [-0.05, 0) is 31.7 Å². The van der Waals surface area contributed by atoms with Crippen molar-refractivity contribution >= 4 is 22.4 Å². The van der Waals surface area contributed by atoms with Gasteiger partial charge in [0.15, 0.2) is 0 Å². The van der Waals surface area contributed by atoms with E-state index in [0.717, 1.165) is 39.0 Å². The van der Waals surface area contributed by atoms with Gasteiger partial charge >= 0.3 is 0 Å². The number of piperazine rings is 1. The van der Waals surface area contributed by atoms with Crippen LogP contribution in [0.5, 0.6) is 0 Å². The fraction of sp³-hybridized carbons (Fsp3) is 1.00. The minimum atomic E-state index is -2.98. The van der Waals surface area contributed by atoms with Crippen molar-refractivity contribution in [2.75, 3.05) is 45.0 Å². The predicted molar refractivity (Wildman–Crippen MR) is 78.2 cm³/mol. The number of halogens is 1. The van der Waals surface area contributed by atoms with Crippen molar-refractivity contribution in [3.8, 4) is 0 Å². The minimum absolute atomic E-state index is 0. The van der Waals surface area contributed by atoms with E-state index in [9.17, 15) is 8.42 Å². The van der Waals surface area contributed by atoms with Gasteiger partial charge in [0.25, 0.3) is 0 Å². The summed E-state index contributed by atoms with van der Waals surface area (Å²) in [6, 6.07) is 0.623. The SMILES string of the molecule is Cl.O=S(=O)(CC1CC1)N1CCN(C2CCNC2)CC1. The topological polar surface area (TPSA) is 52.7 Å². The van der Waals surface area contributed by atoms with Gasteiger partial charge in [-0.3, -0.25) is 4.90 Å². The van der Waals surface area contributed by atoms with Crippen molar-refractivity contribution in [3.63, 3.8) is 0 Å². The average Bonchev–Trinajstić information content (AvgIpc) is 2.99. The van der Waals surface area contributed by atoms with E-state index in [-0.39, 0.29) is 12.4 Å². The zero-order valence-electron chi connectivity index (χ0n) is 11.3. The highest BCUT2D eigenvalue weighted by Crippen LogP contribution is 2.31. The van der Waals surface area contributed by atoms with Crippen LogP contribution in [0.25, 0.3) is 0 Å². The summed E-state index contributed by atoms with van der Waals surface area (Å²) < 4.78 is 26.0. The van der Waals surface area contributed by atoms with Gasteiger partial charge in [0.05, 0.1) is 5.75 Å². The van der Waals surface area contributed by atoms with Gasteiger partial charge in [-0.2, -0.15) is 4.31 Å². The largest absolute Gasteiger partial charge is 0.315 e. The highest BCUT2D eigenvalue weighted by Gasteiger charge is 2.34. The Balaban J connectivity index is 0.00000133. The van der Waals surface area contributed by atoms with E-state index in [1.54, 1.807) is 4.31 Å². The van der Waals surface area contributed by atoms with Crippen LogP contribution >= 0.6 is 12.4 Å². The summed E-state index contributed by atoms with van der Waals surface area (Å²) >= 11 is 0. The highest BCUT2D eigenvalue weighted by molar-refractivity contribution is 7.89. The molecule has 5 nitrogen and oxygen atoms in total. The van der Waals surface area contributed by atoms with Crippen LogP contribution < -0.4 is 5.32 Å². The van der Waals surface area contributed by atoms with E-state index in [2.05, 4.69) is 10.2 Å². The third-order valence-electron chi connectivity index (χ3n) is 4.36. The first-order valence-corrected chi connectivity index (χ1v) is 8.69. The molecule has 2 saturated heterocycles. The Morgan fingerprint density at radius 1 is 1.05 bits per heavy atom. The average molecular weight is 310 g/mol. The van der Waals surface area contributed by atoms with Crippen LogP contribution in [0.1, 0.15) is 19.3 Å². The van der Waals surface area contributed by atoms with Crippen molar-refractivity contribution in [2.24, 2.45) is 5.92 Å². The summed E-state index contributed by atoms with van der Waals surface area (Å²) in [5.74, 6) is 0.838. The van der Waals surface area contributed by atoms with Crippen LogP contribution in [0.3, 0.4) is 0 Å². The molecule has 7 heteroatoms. The predicted octanol–water partition coefficient (Wildman–Crippen LogP) is 0.128. The van der Waals surface area contributed by atoms with E-state index in [1.807, 2.05) is 0 Å². The summed E-state index contributed by atoms with van der Waals surface area (Å²) in [5.41, 5.74) is 0. The number of rotatable bonds is 4. The molecular formula is C12H24ClN3O2S. The molecule has 0 bridgehead atoms. The first-order chi connectivity index (χ1) is 8.65. The third kappa shape index (κ3) is 3.82. The molecule has 0 aromatic heterocycles. The number of hydrogen-bond acceptors (Lipinski definition) is 4. The Kier molecular flexibility index (Phi) is 5.11. The second-order valence-corrected chi connectivity index (χ2v) is 7.82. The molecule has 1 atom stereocenters. The van der Waals surface area contributed by atoms with E-state index in [1.165, 1.54) is 6.42 Å². The molecule has 1 saturated carbocycles. The molecule has 2 aliphatic heterocycles. The standard InChI is InChI=1S/C12H23N3O2S.ClH/c16-18(17,10-11-1-2-11)15-7-5-14(6-8-15)12-3-4-13-9-12;/h11-13H,1-10H2;1H. The zero-order chi connectivity index (χ0) is 12.6. The van der Waals surface area contributed by atoms with Crippen molar-refractivity contribution < 1.29 is 8.42 Å². The van der Waals surface area contributed by atoms with Gasteiger partial charge in [0.2, 0.25) is 10.0 Å². The van der Waals surface area contributed by atoms with Crippen LogP contribution in [-0.2, 0) is 10.0 Å². The first kappa shape index (κ1) is 15.5. The lowest BCUT2D eigenvalue weighted by Crippen LogP contribution is -2.52. The molecule has 3 rings (SSSR count). The summed E-state index contributed by atoms with van der Waals surface area (Å²) in [6.07, 6.45) is 3.41. The first-order valence-electron chi connectivity index (χ1n) is 7.08. The smallest absolute Gasteiger partial charge is 0.214 e. The van der Waals surface area contributed by atoms with Crippen molar-refractivity contribution in [2.45, 2.75) is 25.3 Å². The fourth-order valence-corrected chi connectivity index (χ4v) is 4.85. The molecule has 0 radical (unpaired) electrons. The summed E-state index contributed by atoms with van der Waals surface area (Å²) in [6.45, 7) is 5.34. The zero-order valence-corrected chi connectivity index (χ0v) is 12.9. The molecule has 0 amide bonds. The van der Waals surface area contributed by atoms with Gasteiger partial charge < -0.3 is 5.32 Å². The molecular weight excluding hydrogens is 286 g/mol. The van der Waals surface area contributed by atoms with Crippen molar-refractivity contribution in [3.05, 3.63) is 0 Å². The van der Waals surface area contributed by atoms with E-state index in [0.29, 0.717) is 30.8 Å². The monoisotopic (exact) mass is 309 g/mol. The van der Waals surface area contributed by atoms with E-state index < -0.39 is 10.0 Å². The lowest BCUT2D eigenvalue weighted by atomic mass is 10.2. The molecule has 1 unspecified atom stereocenters. The van der Waals surface area contributed by atoms with Crippen LogP contribution in [-0.4, -0.2) is 68.7 Å². The molecule has 1 N–H and O–H groups in total. The molecule has 3 aliphatic rings. The Labute approximate surface area is 122 Å². The molecule has 112 valence electrons. The van der Waals surface area contributed by atoms with Gasteiger partial charge in [0, 0.05) is 38.8 Å². The third-order valence-corrected chi connectivity index (χ3v) is 6.41. The lowest BCUT2D eigenvalue weighted by Gasteiger charge is -2.37. The molecule has 0 aromatic carbocycles. The van der Waals surface area contributed by atoms with Crippen molar-refractivity contribution in [1.82, 2.24) is 14.5 Å². The Hall–Kier alpha value is 0.120. The van der Waals surface area contributed by atoms with Gasteiger partial charge in [-0.25, -0.2) is 8.42 Å². The number of sulfonamides is 1. The Morgan fingerprint density at radius 3 is 2.26 bits per heavy atom. The molecule has 0 aromatic rings. The number of nitrogens with zero attached hydrogens (tertiary/aromatic N) is 2. The van der Waals surface area contributed by atoms with Crippen molar-refractivity contribution in [1.29, 1.82) is 0 Å². The molecule has 1 aliphatic carbocycles. The maximum Gasteiger partial charge on any atom is 0.214 e. The maximum absolute atomic E-state index is 12.2. The summed E-state index contributed by atoms with van der Waals surface area (Å²) in [4.78, 5) is 2.45. The lowest BCUT2D eigenvalue weighted by molar-refractivity contribution is 0.145. The van der Waals surface area contributed by atoms with E-state index >= 15 is 0 Å². The molecule has 2 heterocycles. The van der Waals surface area contributed by atoms with Crippen LogP contribution in [0.15, 0.2) is 0 Å². The van der Waals surface area contributed by atoms with Crippen LogP contribution in [0, 0.1) is 5.92 Å². The van der Waals surface area contributed by atoms with Crippen LogP contribution in [0.4, 0.5) is 0 Å². The summed E-state index contributed by atoms with van der Waals surface area (Å²) in [7, 11) is -2.98. The maximum atomic E-state index is 12.2. The minimum Gasteiger partial charge on any atom is -0.315 e. The fourth-order valence-electron chi connectivity index (χ4n) is 2.99.